The molecule has 0 aromatic heterocycles. The number of hydrogen-bond donors (Lipinski definition) is 0. The number of halogens is 1. The van der Waals surface area contributed by atoms with Gasteiger partial charge in [-0.15, -0.1) is 0 Å². The normalized spacial score (nSPS) is 15.7. The van der Waals surface area contributed by atoms with Crippen molar-refractivity contribution >= 4 is 27.6 Å². The maximum Gasteiger partial charge on any atom is -0.00891 e. The van der Waals surface area contributed by atoms with Gasteiger partial charge in [-0.25, -0.2) is 0 Å². The Kier molecular flexibility index (Phi) is 4.66. The fourth-order valence-corrected chi connectivity index (χ4v) is 3.04. The zero-order chi connectivity index (χ0) is 7.49. The highest BCUT2D eigenvalue weighted by atomic mass is 127. The lowest BCUT2D eigenvalue weighted by molar-refractivity contribution is 0.789. The van der Waals surface area contributed by atoms with Crippen LogP contribution in [0.15, 0.2) is 0 Å². The Hall–Kier alpha value is 1.16. The maximum absolute atomic E-state index is 2.61. The van der Waals surface area contributed by atoms with Gasteiger partial charge >= 0.3 is 0 Å². The predicted octanol–water partition coefficient (Wildman–Crippen LogP) is 4.03. The first-order valence-corrected chi connectivity index (χ1v) is 7.73. The zero-order valence-electron chi connectivity index (χ0n) is 6.74. The smallest absolute Gasteiger partial charge is 0.00891 e. The summed E-state index contributed by atoms with van der Waals surface area (Å²) in [4.78, 5) is 0. The third-order valence-electron chi connectivity index (χ3n) is 1.15. The van der Waals surface area contributed by atoms with Crippen molar-refractivity contribution < 1.29 is 0 Å². The second-order valence-corrected chi connectivity index (χ2v) is 9.26. The van der Waals surface area contributed by atoms with Gasteiger partial charge in [-0.3, -0.25) is 0 Å². The lowest BCUT2D eigenvalue weighted by Crippen LogP contribution is -2.09. The van der Waals surface area contributed by atoms with Gasteiger partial charge in [-0.2, -0.15) is 0 Å². The van der Waals surface area contributed by atoms with E-state index in [2.05, 4.69) is 49.7 Å². The molecule has 9 heavy (non-hydrogen) atoms. The highest BCUT2D eigenvalue weighted by Crippen LogP contribution is 2.56. The molecule has 0 heterocycles. The van der Waals surface area contributed by atoms with Gasteiger partial charge in [0.1, 0.15) is 0 Å². The Labute approximate surface area is 73.0 Å². The molecule has 0 nitrogen and oxygen atoms in total. The van der Waals surface area contributed by atoms with Crippen molar-refractivity contribution in [2.24, 2.45) is 0 Å². The van der Waals surface area contributed by atoms with Crippen LogP contribution in [0.25, 0.3) is 0 Å². The summed E-state index contributed by atoms with van der Waals surface area (Å²) in [5.74, 6) is 0. The van der Waals surface area contributed by atoms with Crippen molar-refractivity contribution in [2.45, 2.75) is 39.3 Å². The van der Waals surface area contributed by atoms with Crippen LogP contribution in [-0.4, -0.2) is 11.3 Å². The molecule has 0 aliphatic heterocycles. The quantitative estimate of drug-likeness (QED) is 0.518. The van der Waals surface area contributed by atoms with Crippen LogP contribution in [-0.2, 0) is 0 Å². The first-order chi connectivity index (χ1) is 3.98. The van der Waals surface area contributed by atoms with E-state index in [-0.39, 0.29) is 5.56 Å². The Morgan fingerprint density at radius 3 is 1.89 bits per heavy atom. The predicted molar refractivity (Wildman–Crippen MR) is 55.9 cm³/mol. The molecule has 2 heteroatoms. The molecular formula is C7H16IP. The van der Waals surface area contributed by atoms with E-state index in [0.717, 1.165) is 0 Å². The average molecular weight is 258 g/mol. The van der Waals surface area contributed by atoms with Crippen LogP contribution in [0.4, 0.5) is 0 Å². The number of rotatable bonds is 2. The molecule has 0 saturated heterocycles. The summed E-state index contributed by atoms with van der Waals surface area (Å²) in [6.45, 7) is 9.27. The topological polar surface area (TPSA) is 0 Å². The fraction of sp³-hybridized carbons (Fsp3) is 1.00. The molecular weight excluding hydrogens is 242 g/mol. The van der Waals surface area contributed by atoms with E-state index >= 15 is 0 Å². The summed E-state index contributed by atoms with van der Waals surface area (Å²) in [6.07, 6.45) is 2.76. The highest BCUT2D eigenvalue weighted by molar-refractivity contribution is 14.2. The average Bonchev–Trinajstić information content (AvgIpc) is 1.64. The van der Waals surface area contributed by atoms with Crippen LogP contribution in [0.3, 0.4) is 0 Å². The lowest BCUT2D eigenvalue weighted by atomic mass is 10.3. The van der Waals surface area contributed by atoms with Gasteiger partial charge < -0.3 is 0 Å². The highest BCUT2D eigenvalue weighted by Gasteiger charge is 2.19. The minimum atomic E-state index is 0.248. The second-order valence-electron chi connectivity index (χ2n) is 3.26. The van der Waals surface area contributed by atoms with Crippen LogP contribution in [0.5, 0.6) is 0 Å². The molecule has 0 fully saturated rings. The van der Waals surface area contributed by atoms with Crippen LogP contribution in [0.1, 0.15) is 34.1 Å². The Morgan fingerprint density at radius 2 is 1.78 bits per heavy atom. The maximum atomic E-state index is 2.61. The van der Waals surface area contributed by atoms with E-state index in [4.69, 9.17) is 0 Å². The second kappa shape index (κ2) is 4.12. The van der Waals surface area contributed by atoms with Crippen molar-refractivity contribution in [2.75, 3.05) is 6.16 Å². The molecule has 0 rings (SSSR count). The molecule has 0 aliphatic rings. The summed E-state index contributed by atoms with van der Waals surface area (Å²) in [5.41, 5.74) is 0.248. The van der Waals surface area contributed by atoms with E-state index in [1.54, 1.807) is 0 Å². The van der Waals surface area contributed by atoms with Crippen LogP contribution in [0.2, 0.25) is 0 Å². The molecule has 1 unspecified atom stereocenters. The van der Waals surface area contributed by atoms with E-state index < -0.39 is 0 Å². The largest absolute Gasteiger partial charge is 0.0650 e. The molecule has 1 atom stereocenters. The Balaban J connectivity index is 3.59. The summed E-state index contributed by atoms with van der Waals surface area (Å²) < 4.78 is 0. The Bertz CT molecular complexity index is 75.5. The van der Waals surface area contributed by atoms with E-state index in [0.29, 0.717) is 5.16 Å². The van der Waals surface area contributed by atoms with Crippen molar-refractivity contribution in [3.8, 4) is 0 Å². The van der Waals surface area contributed by atoms with Gasteiger partial charge in [0.25, 0.3) is 0 Å². The van der Waals surface area contributed by atoms with Crippen LogP contribution in [0, 0.1) is 0 Å². The molecule has 0 saturated carbocycles. The van der Waals surface area contributed by atoms with Gasteiger partial charge in [0.05, 0.1) is 0 Å². The van der Waals surface area contributed by atoms with Crippen LogP contribution >= 0.6 is 27.6 Å². The van der Waals surface area contributed by atoms with Gasteiger partial charge in [-0.05, 0) is 16.9 Å². The summed E-state index contributed by atoms with van der Waals surface area (Å²) in [7, 11) is 0. The molecule has 56 valence electrons. The minimum Gasteiger partial charge on any atom is -0.0650 e. The first-order valence-electron chi connectivity index (χ1n) is 3.42. The molecule has 0 N–H and O–H groups in total. The fourth-order valence-electron chi connectivity index (χ4n) is 0.532. The molecule has 0 aliphatic carbocycles. The summed E-state index contributed by atoms with van der Waals surface area (Å²) in [6, 6.07) is 0. The van der Waals surface area contributed by atoms with Crippen LogP contribution < -0.4 is 0 Å². The lowest BCUT2D eigenvalue weighted by Gasteiger charge is -2.25. The van der Waals surface area contributed by atoms with Gasteiger partial charge in [0, 0.05) is 0 Å². The minimum absolute atomic E-state index is 0.248. The van der Waals surface area contributed by atoms with Crippen molar-refractivity contribution in [3.63, 3.8) is 0 Å². The van der Waals surface area contributed by atoms with Crippen molar-refractivity contribution in [1.82, 2.24) is 0 Å². The van der Waals surface area contributed by atoms with Crippen molar-refractivity contribution in [1.29, 1.82) is 0 Å². The zero-order valence-corrected chi connectivity index (χ0v) is 9.79. The molecule has 0 aromatic rings. The van der Waals surface area contributed by atoms with E-state index in [9.17, 15) is 0 Å². The molecule has 0 aromatic carbocycles. The Morgan fingerprint density at radius 1 is 1.33 bits per heavy atom. The first kappa shape index (κ1) is 10.2. The standard InChI is InChI=1S/C7H16IP/c1-5-6-9(8)7(2,3)4/h5-6H2,1-4H3. The van der Waals surface area contributed by atoms with Gasteiger partial charge in [-0.1, -0.05) is 56.2 Å². The summed E-state index contributed by atoms with van der Waals surface area (Å²) >= 11 is 2.61. The van der Waals surface area contributed by atoms with Gasteiger partial charge in [0.15, 0.2) is 0 Å². The SMILES string of the molecule is CCCP(I)C(C)(C)C. The molecule has 0 bridgehead atoms. The van der Waals surface area contributed by atoms with E-state index in [1.807, 2.05) is 0 Å². The molecule has 0 spiro atoms. The molecule has 0 amide bonds. The molecule has 0 radical (unpaired) electrons. The summed E-state index contributed by atoms with van der Waals surface area (Å²) in [5, 5.41) is 0.561. The third-order valence-corrected chi connectivity index (χ3v) is 9.23. The van der Waals surface area contributed by atoms with Crippen molar-refractivity contribution in [3.05, 3.63) is 0 Å². The monoisotopic (exact) mass is 258 g/mol. The number of hydrogen-bond acceptors (Lipinski definition) is 0. The van der Waals surface area contributed by atoms with E-state index in [1.165, 1.54) is 12.6 Å². The van der Waals surface area contributed by atoms with Gasteiger partial charge in [0.2, 0.25) is 0 Å². The third kappa shape index (κ3) is 4.55.